The molecule has 0 radical (unpaired) electrons. The van der Waals surface area contributed by atoms with E-state index >= 15 is 0 Å². The number of fused-ring (bicyclic) bond motifs is 1. The van der Waals surface area contributed by atoms with Crippen molar-refractivity contribution in [2.24, 2.45) is 0 Å². The van der Waals surface area contributed by atoms with Gasteiger partial charge in [-0.1, -0.05) is 6.07 Å². The Morgan fingerprint density at radius 3 is 2.63 bits per heavy atom. The summed E-state index contributed by atoms with van der Waals surface area (Å²) in [6, 6.07) is 6.96. The van der Waals surface area contributed by atoms with Crippen molar-refractivity contribution in [1.82, 2.24) is 9.55 Å². The van der Waals surface area contributed by atoms with Crippen molar-refractivity contribution in [2.75, 3.05) is 14.2 Å². The first-order chi connectivity index (χ1) is 13.0. The van der Waals surface area contributed by atoms with Gasteiger partial charge < -0.3 is 24.3 Å². The number of hydrogen-bond acceptors (Lipinski definition) is 6. The predicted octanol–water partition coefficient (Wildman–Crippen LogP) is 2.06. The minimum atomic E-state index is -1.36. The Balaban J connectivity index is 1.93. The first-order valence-electron chi connectivity index (χ1n) is 8.11. The zero-order valence-corrected chi connectivity index (χ0v) is 14.8. The molecule has 8 heteroatoms. The maximum atomic E-state index is 12.7. The van der Waals surface area contributed by atoms with Gasteiger partial charge in [-0.05, 0) is 24.1 Å². The molecule has 140 valence electrons. The smallest absolute Gasteiger partial charge is 0.358 e. The number of pyridine rings is 2. The second-order valence-corrected chi connectivity index (χ2v) is 5.83. The number of carboxylic acid groups (broad SMARTS) is 1. The number of benzene rings is 1. The SMILES string of the molecule is COc1ccc(CCn2ccc3c(O)c(C(=O)O)ncc3c2=O)c(OC)c1. The average molecular weight is 370 g/mol. The molecule has 27 heavy (non-hydrogen) atoms. The third kappa shape index (κ3) is 3.41. The van der Waals surface area contributed by atoms with Gasteiger partial charge in [0.2, 0.25) is 0 Å². The number of aromatic hydroxyl groups is 1. The van der Waals surface area contributed by atoms with Gasteiger partial charge in [-0.3, -0.25) is 4.79 Å². The maximum absolute atomic E-state index is 12.7. The van der Waals surface area contributed by atoms with Gasteiger partial charge in [-0.25, -0.2) is 9.78 Å². The maximum Gasteiger partial charge on any atom is 0.358 e. The summed E-state index contributed by atoms with van der Waals surface area (Å²) in [7, 11) is 3.14. The Labute approximate surface area is 154 Å². The van der Waals surface area contributed by atoms with Crippen molar-refractivity contribution in [3.05, 3.63) is 58.3 Å². The van der Waals surface area contributed by atoms with Gasteiger partial charge in [-0.15, -0.1) is 0 Å². The van der Waals surface area contributed by atoms with E-state index in [0.29, 0.717) is 24.5 Å². The zero-order valence-electron chi connectivity index (χ0n) is 14.8. The first kappa shape index (κ1) is 18.2. The number of aryl methyl sites for hydroxylation is 2. The monoisotopic (exact) mass is 370 g/mol. The molecule has 0 unspecified atom stereocenters. The molecule has 0 amide bonds. The lowest BCUT2D eigenvalue weighted by Crippen LogP contribution is -2.21. The van der Waals surface area contributed by atoms with Crippen LogP contribution in [0.1, 0.15) is 16.1 Å². The molecule has 0 aliphatic rings. The lowest BCUT2D eigenvalue weighted by Gasteiger charge is -2.12. The highest BCUT2D eigenvalue weighted by Gasteiger charge is 2.16. The van der Waals surface area contributed by atoms with Gasteiger partial charge in [0.15, 0.2) is 11.4 Å². The molecular weight excluding hydrogens is 352 g/mol. The Kier molecular flexibility index (Phi) is 4.98. The number of ether oxygens (including phenoxy) is 2. The molecule has 0 bridgehead atoms. The summed E-state index contributed by atoms with van der Waals surface area (Å²) >= 11 is 0. The van der Waals surface area contributed by atoms with Crippen LogP contribution in [-0.4, -0.2) is 40.0 Å². The van der Waals surface area contributed by atoms with Gasteiger partial charge >= 0.3 is 5.97 Å². The first-order valence-corrected chi connectivity index (χ1v) is 8.11. The Morgan fingerprint density at radius 2 is 1.96 bits per heavy atom. The summed E-state index contributed by atoms with van der Waals surface area (Å²) in [6.07, 6.45) is 3.22. The normalized spacial score (nSPS) is 10.7. The van der Waals surface area contributed by atoms with Crippen molar-refractivity contribution in [3.8, 4) is 17.2 Å². The summed E-state index contributed by atoms with van der Waals surface area (Å²) in [4.78, 5) is 27.4. The van der Waals surface area contributed by atoms with Crippen molar-refractivity contribution in [1.29, 1.82) is 0 Å². The van der Waals surface area contributed by atoms with E-state index in [1.54, 1.807) is 20.3 Å². The summed E-state index contributed by atoms with van der Waals surface area (Å²) in [5.74, 6) is -0.533. The molecule has 3 aromatic rings. The highest BCUT2D eigenvalue weighted by molar-refractivity contribution is 5.97. The minimum absolute atomic E-state index is 0.154. The summed E-state index contributed by atoms with van der Waals surface area (Å²) in [5.41, 5.74) is 0.0647. The number of carbonyl (C=O) groups is 1. The van der Waals surface area contributed by atoms with E-state index in [9.17, 15) is 14.7 Å². The number of aromatic nitrogens is 2. The average Bonchev–Trinajstić information content (AvgIpc) is 2.67. The zero-order chi connectivity index (χ0) is 19.6. The van der Waals surface area contributed by atoms with Crippen molar-refractivity contribution in [2.45, 2.75) is 13.0 Å². The number of methoxy groups -OCH3 is 2. The highest BCUT2D eigenvalue weighted by atomic mass is 16.5. The van der Waals surface area contributed by atoms with Crippen molar-refractivity contribution < 1.29 is 24.5 Å². The molecule has 0 aliphatic heterocycles. The lowest BCUT2D eigenvalue weighted by atomic mass is 10.1. The predicted molar refractivity (Wildman–Crippen MR) is 97.9 cm³/mol. The Hall–Kier alpha value is -3.55. The Bertz CT molecular complexity index is 1070. The number of carboxylic acids is 1. The molecule has 0 atom stereocenters. The topological polar surface area (TPSA) is 111 Å². The van der Waals surface area contributed by atoms with E-state index in [2.05, 4.69) is 4.98 Å². The molecule has 0 fully saturated rings. The van der Waals surface area contributed by atoms with Crippen LogP contribution in [0.2, 0.25) is 0 Å². The van der Waals surface area contributed by atoms with Crippen LogP contribution in [0.25, 0.3) is 10.8 Å². The second kappa shape index (κ2) is 7.36. The molecule has 3 rings (SSSR count). The third-order valence-corrected chi connectivity index (χ3v) is 4.32. The molecule has 2 heterocycles. The molecule has 2 N–H and O–H groups in total. The summed E-state index contributed by atoms with van der Waals surface area (Å²) in [6.45, 7) is 0.374. The number of rotatable bonds is 6. The number of aromatic carboxylic acids is 1. The second-order valence-electron chi connectivity index (χ2n) is 5.83. The molecule has 8 nitrogen and oxygen atoms in total. The van der Waals surface area contributed by atoms with E-state index in [0.717, 1.165) is 5.56 Å². The van der Waals surface area contributed by atoms with Gasteiger partial charge in [0, 0.05) is 30.4 Å². The summed E-state index contributed by atoms with van der Waals surface area (Å²) < 4.78 is 12.0. The fraction of sp³-hybridized carbons (Fsp3) is 0.211. The fourth-order valence-corrected chi connectivity index (χ4v) is 2.87. The van der Waals surface area contributed by atoms with E-state index in [1.165, 1.54) is 23.0 Å². The number of hydrogen-bond donors (Lipinski definition) is 2. The van der Waals surface area contributed by atoms with Gasteiger partial charge in [0.25, 0.3) is 5.56 Å². The molecule has 1 aromatic carbocycles. The lowest BCUT2D eigenvalue weighted by molar-refractivity contribution is 0.0687. The fourth-order valence-electron chi connectivity index (χ4n) is 2.87. The van der Waals surface area contributed by atoms with E-state index in [4.69, 9.17) is 14.6 Å². The molecule has 0 saturated heterocycles. The highest BCUT2D eigenvalue weighted by Crippen LogP contribution is 2.26. The minimum Gasteiger partial charge on any atom is -0.505 e. The number of nitrogens with zero attached hydrogens (tertiary/aromatic N) is 2. The largest absolute Gasteiger partial charge is 0.505 e. The van der Waals surface area contributed by atoms with Crippen molar-refractivity contribution >= 4 is 16.7 Å². The molecule has 0 aliphatic carbocycles. The third-order valence-electron chi connectivity index (χ3n) is 4.32. The van der Waals surface area contributed by atoms with E-state index < -0.39 is 17.4 Å². The van der Waals surface area contributed by atoms with Crippen LogP contribution in [0.3, 0.4) is 0 Å². The summed E-state index contributed by atoms with van der Waals surface area (Å²) in [5, 5.41) is 19.4. The standard InChI is InChI=1S/C19H18N2O6/c1-26-12-4-3-11(15(9-12)27-2)5-7-21-8-6-13-14(18(21)23)10-20-16(17(13)22)19(24)25/h3-4,6,8-10,22H,5,7H2,1-2H3,(H,24,25). The molecule has 2 aromatic heterocycles. The van der Waals surface area contributed by atoms with Crippen LogP contribution in [-0.2, 0) is 13.0 Å². The van der Waals surface area contributed by atoms with Crippen LogP contribution < -0.4 is 15.0 Å². The quantitative estimate of drug-likeness (QED) is 0.683. The Morgan fingerprint density at radius 1 is 1.19 bits per heavy atom. The van der Waals surface area contributed by atoms with E-state index in [-0.39, 0.29) is 16.3 Å². The molecule has 0 saturated carbocycles. The molecule has 0 spiro atoms. The van der Waals surface area contributed by atoms with Gasteiger partial charge in [-0.2, -0.15) is 0 Å². The van der Waals surface area contributed by atoms with Gasteiger partial charge in [0.1, 0.15) is 11.5 Å². The van der Waals surface area contributed by atoms with E-state index in [1.807, 2.05) is 12.1 Å². The van der Waals surface area contributed by atoms with Crippen LogP contribution in [0.5, 0.6) is 17.2 Å². The van der Waals surface area contributed by atoms with Crippen LogP contribution >= 0.6 is 0 Å². The van der Waals surface area contributed by atoms with Crippen LogP contribution in [0.4, 0.5) is 0 Å². The van der Waals surface area contributed by atoms with Gasteiger partial charge in [0.05, 0.1) is 19.6 Å². The van der Waals surface area contributed by atoms with Crippen molar-refractivity contribution in [3.63, 3.8) is 0 Å². The van der Waals surface area contributed by atoms with Crippen LogP contribution in [0, 0.1) is 0 Å². The van der Waals surface area contributed by atoms with Crippen LogP contribution in [0.15, 0.2) is 41.5 Å². The molecular formula is C19H18N2O6.